The van der Waals surface area contributed by atoms with E-state index in [4.69, 9.17) is 0 Å². The first-order valence-corrected chi connectivity index (χ1v) is 5.91. The van der Waals surface area contributed by atoms with Crippen molar-refractivity contribution in [3.05, 3.63) is 58.8 Å². The molecule has 2 aromatic rings. The molecule has 2 rings (SSSR count). The van der Waals surface area contributed by atoms with Crippen LogP contribution in [0.4, 0.5) is 5.69 Å². The molecule has 0 unspecified atom stereocenters. The van der Waals surface area contributed by atoms with Crippen molar-refractivity contribution < 1.29 is 0 Å². The minimum atomic E-state index is 0.865. The fourth-order valence-electron chi connectivity index (χ4n) is 1.54. The molecular formula is C13H13BrN2. The summed E-state index contributed by atoms with van der Waals surface area (Å²) >= 11 is 3.33. The van der Waals surface area contributed by atoms with E-state index in [2.05, 4.69) is 63.2 Å². The first-order chi connectivity index (χ1) is 7.75. The zero-order valence-corrected chi connectivity index (χ0v) is 10.7. The smallest absolute Gasteiger partial charge is 0.106 e. The summed E-state index contributed by atoms with van der Waals surface area (Å²) in [6, 6.07) is 14.4. The summed E-state index contributed by atoms with van der Waals surface area (Å²) < 4.78 is 0.865. The summed E-state index contributed by atoms with van der Waals surface area (Å²) in [6.07, 6.45) is 1.87. The number of pyridine rings is 1. The lowest BCUT2D eigenvalue weighted by Crippen LogP contribution is -2.16. The number of aromatic nitrogens is 1. The van der Waals surface area contributed by atoms with Crippen LogP contribution >= 0.6 is 15.9 Å². The van der Waals surface area contributed by atoms with Crippen LogP contribution in [-0.4, -0.2) is 12.0 Å². The van der Waals surface area contributed by atoms with Gasteiger partial charge >= 0.3 is 0 Å². The van der Waals surface area contributed by atoms with Crippen LogP contribution in [0.3, 0.4) is 0 Å². The number of hydrogen-bond donors (Lipinski definition) is 0. The molecule has 0 saturated heterocycles. The van der Waals surface area contributed by atoms with E-state index < -0.39 is 0 Å². The maximum atomic E-state index is 4.22. The molecular weight excluding hydrogens is 264 g/mol. The minimum Gasteiger partial charge on any atom is -0.369 e. The van der Waals surface area contributed by atoms with Gasteiger partial charge in [-0.15, -0.1) is 0 Å². The zero-order chi connectivity index (χ0) is 11.4. The molecule has 1 aromatic carbocycles. The van der Waals surface area contributed by atoms with Gasteiger partial charge in [-0.2, -0.15) is 0 Å². The average Bonchev–Trinajstić information content (AvgIpc) is 2.31. The van der Waals surface area contributed by atoms with Gasteiger partial charge in [0.1, 0.15) is 4.60 Å². The second kappa shape index (κ2) is 5.12. The Morgan fingerprint density at radius 1 is 1.12 bits per heavy atom. The Hall–Kier alpha value is -1.35. The van der Waals surface area contributed by atoms with Crippen molar-refractivity contribution in [3.8, 4) is 0 Å². The molecule has 3 heteroatoms. The quantitative estimate of drug-likeness (QED) is 0.798. The Labute approximate surface area is 104 Å². The van der Waals surface area contributed by atoms with Crippen LogP contribution in [0.2, 0.25) is 0 Å². The van der Waals surface area contributed by atoms with E-state index in [9.17, 15) is 0 Å². The van der Waals surface area contributed by atoms with Gasteiger partial charge in [0, 0.05) is 13.6 Å². The molecule has 82 valence electrons. The zero-order valence-electron chi connectivity index (χ0n) is 9.10. The number of anilines is 1. The lowest BCUT2D eigenvalue weighted by Gasteiger charge is -2.18. The molecule has 0 fully saturated rings. The topological polar surface area (TPSA) is 16.1 Å². The van der Waals surface area contributed by atoms with E-state index in [-0.39, 0.29) is 0 Å². The molecule has 0 spiro atoms. The molecule has 0 aliphatic rings. The van der Waals surface area contributed by atoms with Crippen LogP contribution in [0, 0.1) is 0 Å². The highest BCUT2D eigenvalue weighted by atomic mass is 79.9. The standard InChI is InChI=1S/C13H13BrN2/c1-16(10-11-5-3-2-4-6-11)12-7-8-13(14)15-9-12/h2-9H,10H2,1H3. The molecule has 0 N–H and O–H groups in total. The van der Waals surface area contributed by atoms with E-state index in [0.717, 1.165) is 16.8 Å². The van der Waals surface area contributed by atoms with Crippen molar-refractivity contribution in [2.24, 2.45) is 0 Å². The molecule has 16 heavy (non-hydrogen) atoms. The highest BCUT2D eigenvalue weighted by Crippen LogP contribution is 2.16. The Bertz CT molecular complexity index is 439. The molecule has 0 saturated carbocycles. The molecule has 0 radical (unpaired) electrons. The Kier molecular flexibility index (Phi) is 3.57. The van der Waals surface area contributed by atoms with Crippen molar-refractivity contribution in [1.82, 2.24) is 4.98 Å². The van der Waals surface area contributed by atoms with Crippen molar-refractivity contribution in [2.45, 2.75) is 6.54 Å². The SMILES string of the molecule is CN(Cc1ccccc1)c1ccc(Br)nc1. The predicted molar refractivity (Wildman–Crippen MR) is 70.5 cm³/mol. The van der Waals surface area contributed by atoms with Crippen LogP contribution in [0.25, 0.3) is 0 Å². The van der Waals surface area contributed by atoms with Gasteiger partial charge in [0.2, 0.25) is 0 Å². The van der Waals surface area contributed by atoms with Crippen LogP contribution in [0.5, 0.6) is 0 Å². The lowest BCUT2D eigenvalue weighted by atomic mass is 10.2. The first kappa shape index (κ1) is 11.1. The highest BCUT2D eigenvalue weighted by molar-refractivity contribution is 9.10. The Morgan fingerprint density at radius 2 is 1.88 bits per heavy atom. The van der Waals surface area contributed by atoms with Crippen molar-refractivity contribution in [2.75, 3.05) is 11.9 Å². The predicted octanol–water partition coefficient (Wildman–Crippen LogP) is 3.48. The van der Waals surface area contributed by atoms with Crippen LogP contribution < -0.4 is 4.90 Å². The monoisotopic (exact) mass is 276 g/mol. The summed E-state index contributed by atoms with van der Waals surface area (Å²) in [5.74, 6) is 0. The fourth-order valence-corrected chi connectivity index (χ4v) is 1.78. The van der Waals surface area contributed by atoms with E-state index >= 15 is 0 Å². The summed E-state index contributed by atoms with van der Waals surface area (Å²) in [5, 5.41) is 0. The third-order valence-corrected chi connectivity index (χ3v) is 2.88. The third-order valence-electron chi connectivity index (χ3n) is 2.42. The number of rotatable bonds is 3. The summed E-state index contributed by atoms with van der Waals surface area (Å²) in [5.41, 5.74) is 2.42. The molecule has 0 amide bonds. The van der Waals surface area contributed by atoms with Crippen molar-refractivity contribution in [1.29, 1.82) is 0 Å². The van der Waals surface area contributed by atoms with Gasteiger partial charge in [0.25, 0.3) is 0 Å². The average molecular weight is 277 g/mol. The molecule has 0 bridgehead atoms. The number of benzene rings is 1. The molecule has 1 aromatic heterocycles. The third kappa shape index (κ3) is 2.83. The van der Waals surface area contributed by atoms with E-state index in [0.29, 0.717) is 0 Å². The second-order valence-corrected chi connectivity index (χ2v) is 4.49. The second-order valence-electron chi connectivity index (χ2n) is 3.68. The molecule has 0 aliphatic carbocycles. The van der Waals surface area contributed by atoms with Crippen LogP contribution in [-0.2, 0) is 6.54 Å². The maximum Gasteiger partial charge on any atom is 0.106 e. The molecule has 1 heterocycles. The van der Waals surface area contributed by atoms with Crippen molar-refractivity contribution >= 4 is 21.6 Å². The first-order valence-electron chi connectivity index (χ1n) is 5.12. The van der Waals surface area contributed by atoms with Gasteiger partial charge in [-0.05, 0) is 33.6 Å². The van der Waals surface area contributed by atoms with E-state index in [1.165, 1.54) is 5.56 Å². The molecule has 2 nitrogen and oxygen atoms in total. The van der Waals surface area contributed by atoms with E-state index in [1.807, 2.05) is 18.3 Å². The highest BCUT2D eigenvalue weighted by Gasteiger charge is 2.01. The number of hydrogen-bond acceptors (Lipinski definition) is 2. The summed E-state index contributed by atoms with van der Waals surface area (Å²) in [6.45, 7) is 0.893. The van der Waals surface area contributed by atoms with Gasteiger partial charge < -0.3 is 4.90 Å². The van der Waals surface area contributed by atoms with Gasteiger partial charge in [-0.25, -0.2) is 4.98 Å². The summed E-state index contributed by atoms with van der Waals surface area (Å²) in [4.78, 5) is 6.39. The normalized spacial score (nSPS) is 10.1. The van der Waals surface area contributed by atoms with Gasteiger partial charge in [0.15, 0.2) is 0 Å². The minimum absolute atomic E-state index is 0.865. The largest absolute Gasteiger partial charge is 0.369 e. The van der Waals surface area contributed by atoms with Gasteiger partial charge in [-0.1, -0.05) is 30.3 Å². The molecule has 0 atom stereocenters. The van der Waals surface area contributed by atoms with Gasteiger partial charge in [-0.3, -0.25) is 0 Å². The van der Waals surface area contributed by atoms with Crippen LogP contribution in [0.15, 0.2) is 53.3 Å². The fraction of sp³-hybridized carbons (Fsp3) is 0.154. The summed E-state index contributed by atoms with van der Waals surface area (Å²) in [7, 11) is 2.07. The number of nitrogens with zero attached hydrogens (tertiary/aromatic N) is 2. The Morgan fingerprint density at radius 3 is 2.50 bits per heavy atom. The Balaban J connectivity index is 2.09. The number of halogens is 1. The van der Waals surface area contributed by atoms with Gasteiger partial charge in [0.05, 0.1) is 11.9 Å². The maximum absolute atomic E-state index is 4.22. The van der Waals surface area contributed by atoms with Crippen LogP contribution in [0.1, 0.15) is 5.56 Å². The van der Waals surface area contributed by atoms with Crippen molar-refractivity contribution in [3.63, 3.8) is 0 Å². The molecule has 0 aliphatic heterocycles. The lowest BCUT2D eigenvalue weighted by molar-refractivity contribution is 0.917. The van der Waals surface area contributed by atoms with E-state index in [1.54, 1.807) is 0 Å².